The highest BCUT2D eigenvalue weighted by molar-refractivity contribution is 5.98. The number of hydrogen-bond acceptors (Lipinski definition) is 3. The fourth-order valence-corrected chi connectivity index (χ4v) is 3.62. The summed E-state index contributed by atoms with van der Waals surface area (Å²) in [6.07, 6.45) is 1.48. The molecule has 0 spiro atoms. The molecule has 2 aromatic carbocycles. The Morgan fingerprint density at radius 2 is 1.86 bits per heavy atom. The molecule has 0 aliphatic carbocycles. The first-order valence-electron chi connectivity index (χ1n) is 9.46. The highest BCUT2D eigenvalue weighted by atomic mass is 16.5. The average molecular weight is 377 g/mol. The molecule has 1 saturated heterocycles. The number of piperidine rings is 1. The van der Waals surface area contributed by atoms with Crippen LogP contribution in [0.25, 0.3) is 10.9 Å². The number of carbonyl (C=O) groups excluding carboxylic acids is 2. The summed E-state index contributed by atoms with van der Waals surface area (Å²) in [6, 6.07) is 16.9. The zero-order valence-corrected chi connectivity index (χ0v) is 15.8. The van der Waals surface area contributed by atoms with E-state index < -0.39 is 0 Å². The maximum absolute atomic E-state index is 12.8. The SMILES string of the molecule is COc1cccc(C(=O)NC2CCN(C(=O)c3cc4ccccc4[nH]3)CC2)c1. The van der Waals surface area contributed by atoms with E-state index in [4.69, 9.17) is 4.74 Å². The third-order valence-corrected chi connectivity index (χ3v) is 5.21. The predicted octanol–water partition coefficient (Wildman–Crippen LogP) is 3.21. The van der Waals surface area contributed by atoms with Gasteiger partial charge in [0.25, 0.3) is 11.8 Å². The van der Waals surface area contributed by atoms with E-state index in [1.165, 1.54) is 0 Å². The van der Waals surface area contributed by atoms with Crippen LogP contribution < -0.4 is 10.1 Å². The molecule has 3 aromatic rings. The topological polar surface area (TPSA) is 74.4 Å². The molecule has 0 saturated carbocycles. The lowest BCUT2D eigenvalue weighted by molar-refractivity contribution is 0.0693. The van der Waals surface area contributed by atoms with Crippen molar-refractivity contribution < 1.29 is 14.3 Å². The van der Waals surface area contributed by atoms with Gasteiger partial charge in [0.15, 0.2) is 0 Å². The number of carbonyl (C=O) groups is 2. The van der Waals surface area contributed by atoms with Gasteiger partial charge in [-0.3, -0.25) is 9.59 Å². The van der Waals surface area contributed by atoms with Crippen LogP contribution in [0.5, 0.6) is 5.75 Å². The lowest BCUT2D eigenvalue weighted by atomic mass is 10.0. The van der Waals surface area contributed by atoms with Crippen molar-refractivity contribution in [3.05, 3.63) is 65.9 Å². The minimum atomic E-state index is -0.112. The number of nitrogens with one attached hydrogen (secondary N) is 2. The molecule has 0 unspecified atom stereocenters. The van der Waals surface area contributed by atoms with Crippen molar-refractivity contribution in [1.82, 2.24) is 15.2 Å². The maximum atomic E-state index is 12.8. The van der Waals surface area contributed by atoms with E-state index in [0.717, 1.165) is 23.7 Å². The largest absolute Gasteiger partial charge is 0.497 e. The molecule has 6 heteroatoms. The van der Waals surface area contributed by atoms with Crippen LogP contribution >= 0.6 is 0 Å². The van der Waals surface area contributed by atoms with Gasteiger partial charge < -0.3 is 19.9 Å². The summed E-state index contributed by atoms with van der Waals surface area (Å²) in [6.45, 7) is 1.24. The van der Waals surface area contributed by atoms with Gasteiger partial charge in [-0.15, -0.1) is 0 Å². The highest BCUT2D eigenvalue weighted by Gasteiger charge is 2.25. The number of aromatic nitrogens is 1. The van der Waals surface area contributed by atoms with Crippen molar-refractivity contribution in [2.24, 2.45) is 0 Å². The third-order valence-electron chi connectivity index (χ3n) is 5.21. The molecule has 144 valence electrons. The summed E-state index contributed by atoms with van der Waals surface area (Å²) in [5.74, 6) is 0.555. The zero-order chi connectivity index (χ0) is 19.5. The van der Waals surface area contributed by atoms with Crippen LogP contribution in [0.4, 0.5) is 0 Å². The van der Waals surface area contributed by atoms with Crippen molar-refractivity contribution in [3.8, 4) is 5.75 Å². The number of ether oxygens (including phenoxy) is 1. The number of likely N-dealkylation sites (tertiary alicyclic amines) is 1. The van der Waals surface area contributed by atoms with E-state index >= 15 is 0 Å². The third kappa shape index (κ3) is 3.71. The molecule has 2 N–H and O–H groups in total. The van der Waals surface area contributed by atoms with Gasteiger partial charge in [-0.25, -0.2) is 0 Å². The Hall–Kier alpha value is -3.28. The summed E-state index contributed by atoms with van der Waals surface area (Å²) in [5, 5.41) is 4.10. The maximum Gasteiger partial charge on any atom is 0.270 e. The first kappa shape index (κ1) is 18.1. The van der Waals surface area contributed by atoms with Gasteiger partial charge in [-0.2, -0.15) is 0 Å². The molecule has 6 nitrogen and oxygen atoms in total. The molecule has 1 aliphatic heterocycles. The van der Waals surface area contributed by atoms with Crippen LogP contribution in [0.3, 0.4) is 0 Å². The Labute approximate surface area is 163 Å². The van der Waals surface area contributed by atoms with Crippen LogP contribution in [-0.2, 0) is 0 Å². The van der Waals surface area contributed by atoms with Crippen LogP contribution in [0, 0.1) is 0 Å². The molecule has 1 aromatic heterocycles. The van der Waals surface area contributed by atoms with Gasteiger partial charge >= 0.3 is 0 Å². The number of nitrogens with zero attached hydrogens (tertiary/aromatic N) is 1. The lowest BCUT2D eigenvalue weighted by Gasteiger charge is -2.32. The van der Waals surface area contributed by atoms with E-state index in [2.05, 4.69) is 10.3 Å². The molecule has 1 fully saturated rings. The number of fused-ring (bicyclic) bond motifs is 1. The van der Waals surface area contributed by atoms with Gasteiger partial charge in [0, 0.05) is 35.6 Å². The molecule has 2 amide bonds. The van der Waals surface area contributed by atoms with Crippen LogP contribution in [-0.4, -0.2) is 47.9 Å². The van der Waals surface area contributed by atoms with Crippen LogP contribution in [0.15, 0.2) is 54.6 Å². The van der Waals surface area contributed by atoms with Crippen molar-refractivity contribution >= 4 is 22.7 Å². The summed E-state index contributed by atoms with van der Waals surface area (Å²) >= 11 is 0. The van der Waals surface area contributed by atoms with Crippen molar-refractivity contribution in [1.29, 1.82) is 0 Å². The number of rotatable bonds is 4. The molecular formula is C22H23N3O3. The van der Waals surface area contributed by atoms with Crippen molar-refractivity contribution in [3.63, 3.8) is 0 Å². The summed E-state index contributed by atoms with van der Waals surface area (Å²) in [5.41, 5.74) is 2.15. The normalized spacial score (nSPS) is 14.8. The minimum absolute atomic E-state index is 0.00812. The van der Waals surface area contributed by atoms with Gasteiger partial charge in [-0.05, 0) is 43.2 Å². The standard InChI is InChI=1S/C22H23N3O3/c1-28-18-7-4-6-16(13-18)21(26)23-17-9-11-25(12-10-17)22(27)20-14-15-5-2-3-8-19(15)24-20/h2-8,13-14,17,24H,9-12H2,1H3,(H,23,26). The Balaban J connectivity index is 1.35. The molecule has 4 rings (SSSR count). The Morgan fingerprint density at radius 1 is 1.07 bits per heavy atom. The smallest absolute Gasteiger partial charge is 0.270 e. The number of hydrogen-bond donors (Lipinski definition) is 2. The van der Waals surface area contributed by atoms with Crippen molar-refractivity contribution in [2.75, 3.05) is 20.2 Å². The average Bonchev–Trinajstić information content (AvgIpc) is 3.18. The molecular weight excluding hydrogens is 354 g/mol. The summed E-state index contributed by atoms with van der Waals surface area (Å²) in [7, 11) is 1.58. The Kier molecular flexibility index (Phi) is 5.02. The lowest BCUT2D eigenvalue weighted by Crippen LogP contribution is -2.46. The molecule has 0 radical (unpaired) electrons. The Bertz CT molecular complexity index is 970. The number of methoxy groups -OCH3 is 1. The quantitative estimate of drug-likeness (QED) is 0.733. The predicted molar refractivity (Wildman–Crippen MR) is 108 cm³/mol. The van der Waals surface area contributed by atoms with Crippen LogP contribution in [0.2, 0.25) is 0 Å². The number of H-pyrrole nitrogens is 1. The van der Waals surface area contributed by atoms with Crippen molar-refractivity contribution in [2.45, 2.75) is 18.9 Å². The van der Waals surface area contributed by atoms with E-state index in [9.17, 15) is 9.59 Å². The number of amides is 2. The first-order valence-corrected chi connectivity index (χ1v) is 9.46. The number of benzene rings is 2. The van der Waals surface area contributed by atoms with Gasteiger partial charge in [-0.1, -0.05) is 24.3 Å². The number of para-hydroxylation sites is 1. The van der Waals surface area contributed by atoms with Gasteiger partial charge in [0.2, 0.25) is 0 Å². The van der Waals surface area contributed by atoms with Gasteiger partial charge in [0.1, 0.15) is 11.4 Å². The molecule has 28 heavy (non-hydrogen) atoms. The minimum Gasteiger partial charge on any atom is -0.497 e. The summed E-state index contributed by atoms with van der Waals surface area (Å²) in [4.78, 5) is 30.3. The molecule has 2 heterocycles. The second-order valence-electron chi connectivity index (χ2n) is 7.04. The first-order chi connectivity index (χ1) is 13.6. The van der Waals surface area contributed by atoms with Crippen LogP contribution in [0.1, 0.15) is 33.7 Å². The molecule has 0 atom stereocenters. The van der Waals surface area contributed by atoms with E-state index in [1.807, 2.05) is 41.3 Å². The fourth-order valence-electron chi connectivity index (χ4n) is 3.62. The number of aromatic amines is 1. The second kappa shape index (κ2) is 7.76. The van der Waals surface area contributed by atoms with Gasteiger partial charge in [0.05, 0.1) is 7.11 Å². The molecule has 1 aliphatic rings. The van der Waals surface area contributed by atoms with E-state index in [0.29, 0.717) is 30.1 Å². The molecule has 0 bridgehead atoms. The second-order valence-corrected chi connectivity index (χ2v) is 7.04. The van der Waals surface area contributed by atoms with E-state index in [1.54, 1.807) is 25.3 Å². The van der Waals surface area contributed by atoms with E-state index in [-0.39, 0.29) is 17.9 Å². The monoisotopic (exact) mass is 377 g/mol. The zero-order valence-electron chi connectivity index (χ0n) is 15.8. The highest BCUT2D eigenvalue weighted by Crippen LogP contribution is 2.19. The Morgan fingerprint density at radius 3 is 2.61 bits per heavy atom. The fraction of sp³-hybridized carbons (Fsp3) is 0.273. The summed E-state index contributed by atoms with van der Waals surface area (Å²) < 4.78 is 5.17.